The van der Waals surface area contributed by atoms with Crippen molar-refractivity contribution >= 4 is 17.6 Å². The summed E-state index contributed by atoms with van der Waals surface area (Å²) in [5.41, 5.74) is 3.97. The van der Waals surface area contributed by atoms with E-state index in [-0.39, 0.29) is 18.5 Å². The molecule has 1 N–H and O–H groups in total. The molecule has 1 aromatic carbocycles. The smallest absolute Gasteiger partial charge is 0.322 e. The highest BCUT2D eigenvalue weighted by atomic mass is 16.5. The first-order valence-corrected chi connectivity index (χ1v) is 11.4. The Bertz CT molecular complexity index is 878. The number of anilines is 1. The van der Waals surface area contributed by atoms with Crippen LogP contribution >= 0.6 is 0 Å². The van der Waals surface area contributed by atoms with Crippen molar-refractivity contribution in [1.82, 2.24) is 14.4 Å². The van der Waals surface area contributed by atoms with Gasteiger partial charge in [0, 0.05) is 51.4 Å². The van der Waals surface area contributed by atoms with Crippen LogP contribution in [0.3, 0.4) is 0 Å². The molecule has 0 unspecified atom stereocenters. The number of amides is 3. The van der Waals surface area contributed by atoms with E-state index in [0.717, 1.165) is 35.3 Å². The Hall–Kier alpha value is -2.80. The van der Waals surface area contributed by atoms with E-state index in [2.05, 4.69) is 12.2 Å². The number of hydrogen-bond donors (Lipinski definition) is 1. The number of nitrogens with zero attached hydrogens (tertiary/aromatic N) is 3. The summed E-state index contributed by atoms with van der Waals surface area (Å²) in [5.74, 6) is -0.0480. The zero-order valence-electron chi connectivity index (χ0n) is 20.2. The number of carbonyl (C=O) groups is 2. The Labute approximate surface area is 192 Å². The molecular weight excluding hydrogens is 404 g/mol. The average molecular weight is 443 g/mol. The van der Waals surface area contributed by atoms with Crippen molar-refractivity contribution in [3.05, 3.63) is 53.3 Å². The van der Waals surface area contributed by atoms with E-state index >= 15 is 0 Å². The number of urea groups is 1. The zero-order chi connectivity index (χ0) is 23.5. The summed E-state index contributed by atoms with van der Waals surface area (Å²) in [6.45, 7) is 8.33. The van der Waals surface area contributed by atoms with Crippen molar-refractivity contribution in [3.8, 4) is 0 Å². The van der Waals surface area contributed by atoms with E-state index in [4.69, 9.17) is 4.74 Å². The summed E-state index contributed by atoms with van der Waals surface area (Å²) < 4.78 is 7.18. The molecule has 2 rings (SSSR count). The van der Waals surface area contributed by atoms with Gasteiger partial charge in [0.2, 0.25) is 5.91 Å². The van der Waals surface area contributed by atoms with Gasteiger partial charge in [-0.05, 0) is 56.0 Å². The molecule has 0 aliphatic heterocycles. The molecule has 0 aliphatic carbocycles. The lowest BCUT2D eigenvalue weighted by Gasteiger charge is -2.28. The standard InChI is InChI=1S/C25H38N4O3/c1-6-7-15-28(18-22-12-9-14-27(22)4)24(30)19-29(16-10-17-32-5)25(31)26-23-13-8-11-20(2)21(23)3/h8-9,11-14H,6-7,10,15-19H2,1-5H3,(H,26,31). The number of carbonyl (C=O) groups excluding carboxylic acids is 2. The molecule has 0 saturated carbocycles. The normalized spacial score (nSPS) is 10.8. The van der Waals surface area contributed by atoms with E-state index in [1.807, 2.05) is 66.9 Å². The molecule has 0 radical (unpaired) electrons. The Morgan fingerprint density at radius 3 is 2.47 bits per heavy atom. The van der Waals surface area contributed by atoms with Crippen molar-refractivity contribution in [3.63, 3.8) is 0 Å². The van der Waals surface area contributed by atoms with Gasteiger partial charge >= 0.3 is 6.03 Å². The number of aryl methyl sites for hydroxylation is 2. The molecular formula is C25H38N4O3. The van der Waals surface area contributed by atoms with Crippen LogP contribution in [0.2, 0.25) is 0 Å². The van der Waals surface area contributed by atoms with Gasteiger partial charge < -0.3 is 24.4 Å². The van der Waals surface area contributed by atoms with Gasteiger partial charge in [-0.3, -0.25) is 4.79 Å². The number of ether oxygens (including phenoxy) is 1. The summed E-state index contributed by atoms with van der Waals surface area (Å²) >= 11 is 0. The molecule has 7 heteroatoms. The predicted octanol–water partition coefficient (Wildman–Crippen LogP) is 4.34. The topological polar surface area (TPSA) is 66.8 Å². The molecule has 0 saturated heterocycles. The minimum absolute atomic E-state index is 0.0363. The van der Waals surface area contributed by atoms with Crippen molar-refractivity contribution in [2.24, 2.45) is 7.05 Å². The molecule has 0 fully saturated rings. The molecule has 1 heterocycles. The maximum absolute atomic E-state index is 13.3. The van der Waals surface area contributed by atoms with Crippen molar-refractivity contribution in [1.29, 1.82) is 0 Å². The number of benzene rings is 1. The van der Waals surface area contributed by atoms with Crippen LogP contribution in [0.1, 0.15) is 43.0 Å². The van der Waals surface area contributed by atoms with Crippen LogP contribution in [-0.2, 0) is 23.1 Å². The molecule has 0 aliphatic rings. The number of nitrogens with one attached hydrogen (secondary N) is 1. The van der Waals surface area contributed by atoms with Crippen LogP contribution in [-0.4, -0.2) is 59.7 Å². The second-order valence-corrected chi connectivity index (χ2v) is 8.22. The maximum Gasteiger partial charge on any atom is 0.322 e. The minimum Gasteiger partial charge on any atom is -0.385 e. The summed E-state index contributed by atoms with van der Waals surface area (Å²) in [7, 11) is 3.62. The van der Waals surface area contributed by atoms with Crippen molar-refractivity contribution in [2.75, 3.05) is 38.7 Å². The van der Waals surface area contributed by atoms with Crippen LogP contribution < -0.4 is 5.32 Å². The average Bonchev–Trinajstić information content (AvgIpc) is 3.17. The lowest BCUT2D eigenvalue weighted by atomic mass is 10.1. The van der Waals surface area contributed by atoms with E-state index < -0.39 is 0 Å². The van der Waals surface area contributed by atoms with E-state index in [0.29, 0.717) is 32.7 Å². The molecule has 0 spiro atoms. The summed E-state index contributed by atoms with van der Waals surface area (Å²) in [6.07, 6.45) is 4.57. The van der Waals surface area contributed by atoms with Crippen LogP contribution in [0.15, 0.2) is 36.5 Å². The largest absolute Gasteiger partial charge is 0.385 e. The van der Waals surface area contributed by atoms with Crippen LogP contribution in [0.25, 0.3) is 0 Å². The number of aromatic nitrogens is 1. The van der Waals surface area contributed by atoms with Gasteiger partial charge in [0.15, 0.2) is 0 Å². The lowest BCUT2D eigenvalue weighted by Crippen LogP contribution is -2.45. The summed E-state index contributed by atoms with van der Waals surface area (Å²) in [6, 6.07) is 9.56. The number of methoxy groups -OCH3 is 1. The Balaban J connectivity index is 2.14. The fourth-order valence-corrected chi connectivity index (χ4v) is 3.49. The monoisotopic (exact) mass is 442 g/mol. The number of unbranched alkanes of at least 4 members (excludes halogenated alkanes) is 1. The second-order valence-electron chi connectivity index (χ2n) is 8.22. The van der Waals surface area contributed by atoms with Gasteiger partial charge in [0.1, 0.15) is 6.54 Å². The highest BCUT2D eigenvalue weighted by molar-refractivity contribution is 5.93. The van der Waals surface area contributed by atoms with Gasteiger partial charge in [-0.1, -0.05) is 25.5 Å². The fourth-order valence-electron chi connectivity index (χ4n) is 3.49. The molecule has 0 atom stereocenters. The third-order valence-electron chi connectivity index (χ3n) is 5.77. The minimum atomic E-state index is -0.266. The van der Waals surface area contributed by atoms with Gasteiger partial charge in [-0.25, -0.2) is 4.79 Å². The first-order valence-electron chi connectivity index (χ1n) is 11.4. The highest BCUT2D eigenvalue weighted by Gasteiger charge is 2.22. The van der Waals surface area contributed by atoms with Gasteiger partial charge in [0.05, 0.1) is 6.54 Å². The maximum atomic E-state index is 13.3. The van der Waals surface area contributed by atoms with Crippen LogP contribution in [0, 0.1) is 13.8 Å². The van der Waals surface area contributed by atoms with Crippen molar-refractivity contribution < 1.29 is 14.3 Å². The fraction of sp³-hybridized carbons (Fsp3) is 0.520. The first kappa shape index (κ1) is 25.5. The van der Waals surface area contributed by atoms with E-state index in [1.165, 1.54) is 0 Å². The quantitative estimate of drug-likeness (QED) is 0.497. The van der Waals surface area contributed by atoms with Crippen molar-refractivity contribution in [2.45, 2.75) is 46.6 Å². The Morgan fingerprint density at radius 1 is 1.06 bits per heavy atom. The Morgan fingerprint density at radius 2 is 1.81 bits per heavy atom. The highest BCUT2D eigenvalue weighted by Crippen LogP contribution is 2.18. The SMILES string of the molecule is CCCCN(Cc1cccn1C)C(=O)CN(CCCOC)C(=O)Nc1cccc(C)c1C. The molecule has 32 heavy (non-hydrogen) atoms. The van der Waals surface area contributed by atoms with Gasteiger partial charge in [-0.2, -0.15) is 0 Å². The van der Waals surface area contributed by atoms with Crippen LogP contribution in [0.4, 0.5) is 10.5 Å². The third-order valence-corrected chi connectivity index (χ3v) is 5.77. The molecule has 2 aromatic rings. The zero-order valence-corrected chi connectivity index (χ0v) is 20.2. The molecule has 1 aromatic heterocycles. The van der Waals surface area contributed by atoms with Crippen LogP contribution in [0.5, 0.6) is 0 Å². The van der Waals surface area contributed by atoms with Gasteiger partial charge in [-0.15, -0.1) is 0 Å². The molecule has 7 nitrogen and oxygen atoms in total. The lowest BCUT2D eigenvalue weighted by molar-refractivity contribution is -0.132. The number of rotatable bonds is 12. The number of hydrogen-bond acceptors (Lipinski definition) is 3. The Kier molecular flexibility index (Phi) is 10.3. The predicted molar refractivity (Wildman–Crippen MR) is 129 cm³/mol. The molecule has 176 valence electrons. The van der Waals surface area contributed by atoms with E-state index in [1.54, 1.807) is 12.0 Å². The summed E-state index contributed by atoms with van der Waals surface area (Å²) in [4.78, 5) is 29.8. The van der Waals surface area contributed by atoms with E-state index in [9.17, 15) is 9.59 Å². The molecule has 0 bridgehead atoms. The molecule has 3 amide bonds. The second kappa shape index (κ2) is 12.9. The first-order chi connectivity index (χ1) is 15.4. The van der Waals surface area contributed by atoms with Gasteiger partial charge in [0.25, 0.3) is 0 Å². The third kappa shape index (κ3) is 7.41. The summed E-state index contributed by atoms with van der Waals surface area (Å²) in [5, 5.41) is 2.99.